The Morgan fingerprint density at radius 3 is 2.68 bits per heavy atom. The summed E-state index contributed by atoms with van der Waals surface area (Å²) in [7, 11) is 0. The molecule has 3 heterocycles. The summed E-state index contributed by atoms with van der Waals surface area (Å²) in [5, 5.41) is 0. The van der Waals surface area contributed by atoms with Crippen LogP contribution in [-0.2, 0) is 4.74 Å². The number of likely N-dealkylation sites (tertiary alicyclic amines) is 1. The van der Waals surface area contributed by atoms with Gasteiger partial charge in [-0.15, -0.1) is 23.1 Å². The van der Waals surface area contributed by atoms with Crippen LogP contribution in [0.25, 0.3) is 0 Å². The minimum absolute atomic E-state index is 0.117. The minimum atomic E-state index is -0.182. The van der Waals surface area contributed by atoms with Crippen molar-refractivity contribution in [3.63, 3.8) is 0 Å². The SMILES string of the molecule is CSc1ccc(C(=O)N2CCC(N3C(=O)OC[C@H]3CC(C)C)CC2)s1. The van der Waals surface area contributed by atoms with Crippen molar-refractivity contribution in [2.45, 2.75) is 49.4 Å². The quantitative estimate of drug-likeness (QED) is 0.724. The van der Waals surface area contributed by atoms with Gasteiger partial charge in [-0.25, -0.2) is 4.79 Å². The fourth-order valence-electron chi connectivity index (χ4n) is 3.69. The second-order valence-electron chi connectivity index (χ2n) is 7.11. The molecule has 25 heavy (non-hydrogen) atoms. The molecule has 0 aromatic carbocycles. The van der Waals surface area contributed by atoms with Crippen molar-refractivity contribution in [3.8, 4) is 0 Å². The molecule has 2 aliphatic heterocycles. The first kappa shape index (κ1) is 18.6. The average molecular weight is 383 g/mol. The van der Waals surface area contributed by atoms with Crippen molar-refractivity contribution in [2.75, 3.05) is 26.0 Å². The third kappa shape index (κ3) is 4.14. The van der Waals surface area contributed by atoms with Gasteiger partial charge in [-0.3, -0.25) is 9.69 Å². The standard InChI is InChI=1S/C18H26N2O3S2/c1-12(2)10-14-11-23-18(22)20(14)13-6-8-19(9-7-13)17(21)15-4-5-16(24-3)25-15/h4-5,12-14H,6-11H2,1-3H3/t14-/m1/s1. The van der Waals surface area contributed by atoms with Crippen LogP contribution in [0.5, 0.6) is 0 Å². The number of cyclic esters (lactones) is 1. The highest BCUT2D eigenvalue weighted by atomic mass is 32.2. The fraction of sp³-hybridized carbons (Fsp3) is 0.667. The van der Waals surface area contributed by atoms with E-state index in [1.807, 2.05) is 28.2 Å². The average Bonchev–Trinajstić information content (AvgIpc) is 3.21. The lowest BCUT2D eigenvalue weighted by Crippen LogP contribution is -2.49. The maximum Gasteiger partial charge on any atom is 0.410 e. The van der Waals surface area contributed by atoms with Crippen molar-refractivity contribution in [1.82, 2.24) is 9.80 Å². The van der Waals surface area contributed by atoms with Gasteiger partial charge in [0.2, 0.25) is 0 Å². The van der Waals surface area contributed by atoms with Crippen LogP contribution in [0, 0.1) is 5.92 Å². The van der Waals surface area contributed by atoms with Crippen LogP contribution in [0.4, 0.5) is 4.79 Å². The Labute approximate surface area is 157 Å². The first-order chi connectivity index (χ1) is 12.0. The molecule has 0 aliphatic carbocycles. The maximum atomic E-state index is 12.7. The lowest BCUT2D eigenvalue weighted by atomic mass is 9.98. The zero-order chi connectivity index (χ0) is 18.0. The van der Waals surface area contributed by atoms with Gasteiger partial charge in [0.15, 0.2) is 0 Å². The molecule has 0 unspecified atom stereocenters. The van der Waals surface area contributed by atoms with Crippen molar-refractivity contribution in [2.24, 2.45) is 5.92 Å². The van der Waals surface area contributed by atoms with Crippen LogP contribution >= 0.6 is 23.1 Å². The lowest BCUT2D eigenvalue weighted by Gasteiger charge is -2.38. The van der Waals surface area contributed by atoms with Gasteiger partial charge in [-0.1, -0.05) is 13.8 Å². The number of rotatable bonds is 5. The van der Waals surface area contributed by atoms with E-state index in [0.29, 0.717) is 25.6 Å². The van der Waals surface area contributed by atoms with Crippen LogP contribution in [0.3, 0.4) is 0 Å². The molecule has 2 aliphatic rings. The molecule has 1 aromatic heterocycles. The molecular formula is C18H26N2O3S2. The number of carbonyl (C=O) groups is 2. The van der Waals surface area contributed by atoms with Gasteiger partial charge in [0.1, 0.15) is 6.61 Å². The van der Waals surface area contributed by atoms with E-state index in [2.05, 4.69) is 13.8 Å². The summed E-state index contributed by atoms with van der Waals surface area (Å²) in [6.07, 6.45) is 4.47. The Morgan fingerprint density at radius 2 is 2.08 bits per heavy atom. The summed E-state index contributed by atoms with van der Waals surface area (Å²) >= 11 is 3.22. The molecule has 138 valence electrons. The van der Waals surface area contributed by atoms with Crippen LogP contribution in [0.1, 0.15) is 42.8 Å². The largest absolute Gasteiger partial charge is 0.447 e. The van der Waals surface area contributed by atoms with Gasteiger partial charge in [-0.05, 0) is 43.6 Å². The molecule has 2 saturated heterocycles. The number of nitrogens with zero attached hydrogens (tertiary/aromatic N) is 2. The summed E-state index contributed by atoms with van der Waals surface area (Å²) < 4.78 is 6.46. The number of thiophene rings is 1. The van der Waals surface area contributed by atoms with Crippen molar-refractivity contribution in [3.05, 3.63) is 17.0 Å². The Hall–Kier alpha value is -1.21. The molecule has 7 heteroatoms. The van der Waals surface area contributed by atoms with Gasteiger partial charge in [0.25, 0.3) is 5.91 Å². The Bertz CT molecular complexity index is 624. The fourth-order valence-corrected chi connectivity index (χ4v) is 5.20. The molecule has 1 atom stereocenters. The molecular weight excluding hydrogens is 356 g/mol. The van der Waals surface area contributed by atoms with Crippen LogP contribution in [0.2, 0.25) is 0 Å². The molecule has 0 spiro atoms. The molecule has 5 nitrogen and oxygen atoms in total. The smallest absolute Gasteiger partial charge is 0.410 e. The molecule has 0 saturated carbocycles. The van der Waals surface area contributed by atoms with E-state index < -0.39 is 0 Å². The first-order valence-electron chi connectivity index (χ1n) is 8.87. The Balaban J connectivity index is 1.59. The molecule has 2 amide bonds. The number of hydrogen-bond donors (Lipinski definition) is 0. The minimum Gasteiger partial charge on any atom is -0.447 e. The summed E-state index contributed by atoms with van der Waals surface area (Å²) in [6.45, 7) is 6.25. The molecule has 0 radical (unpaired) electrons. The zero-order valence-corrected chi connectivity index (χ0v) is 16.7. The highest BCUT2D eigenvalue weighted by Gasteiger charge is 2.40. The Kier molecular flexibility index (Phi) is 5.94. The predicted octanol–water partition coefficient (Wildman–Crippen LogP) is 3.94. The second-order valence-corrected chi connectivity index (χ2v) is 9.30. The zero-order valence-electron chi connectivity index (χ0n) is 15.1. The summed E-state index contributed by atoms with van der Waals surface area (Å²) in [5.41, 5.74) is 0. The summed E-state index contributed by atoms with van der Waals surface area (Å²) in [5.74, 6) is 0.652. The van der Waals surface area contributed by atoms with E-state index in [1.54, 1.807) is 23.1 Å². The first-order valence-corrected chi connectivity index (χ1v) is 10.9. The summed E-state index contributed by atoms with van der Waals surface area (Å²) in [6, 6.07) is 4.29. The number of thioether (sulfide) groups is 1. The monoisotopic (exact) mass is 382 g/mol. The van der Waals surface area contributed by atoms with Gasteiger partial charge >= 0.3 is 6.09 Å². The van der Waals surface area contributed by atoms with Crippen molar-refractivity contribution in [1.29, 1.82) is 0 Å². The number of ether oxygens (including phenoxy) is 1. The van der Waals surface area contributed by atoms with E-state index in [1.165, 1.54) is 0 Å². The number of carbonyl (C=O) groups excluding carboxylic acids is 2. The van der Waals surface area contributed by atoms with Gasteiger partial charge < -0.3 is 9.64 Å². The highest BCUT2D eigenvalue weighted by Crippen LogP contribution is 2.29. The van der Waals surface area contributed by atoms with Crippen molar-refractivity contribution >= 4 is 35.1 Å². The number of hydrogen-bond acceptors (Lipinski definition) is 5. The van der Waals surface area contributed by atoms with Crippen LogP contribution in [-0.4, -0.2) is 59.8 Å². The number of amides is 2. The van der Waals surface area contributed by atoms with Gasteiger partial charge in [0, 0.05) is 19.1 Å². The molecule has 0 N–H and O–H groups in total. The topological polar surface area (TPSA) is 49.9 Å². The molecule has 0 bridgehead atoms. The predicted molar refractivity (Wildman–Crippen MR) is 101 cm³/mol. The van der Waals surface area contributed by atoms with E-state index in [-0.39, 0.29) is 24.1 Å². The third-order valence-electron chi connectivity index (χ3n) is 4.89. The number of piperidine rings is 1. The van der Waals surface area contributed by atoms with Crippen LogP contribution in [0.15, 0.2) is 16.3 Å². The van der Waals surface area contributed by atoms with E-state index >= 15 is 0 Å². The van der Waals surface area contributed by atoms with Crippen LogP contribution < -0.4 is 0 Å². The van der Waals surface area contributed by atoms with E-state index in [0.717, 1.165) is 28.3 Å². The molecule has 3 rings (SSSR count). The maximum absolute atomic E-state index is 12.7. The third-order valence-corrected chi connectivity index (χ3v) is 7.04. The summed E-state index contributed by atoms with van der Waals surface area (Å²) in [4.78, 5) is 29.5. The highest BCUT2D eigenvalue weighted by molar-refractivity contribution is 8.00. The molecule has 2 fully saturated rings. The van der Waals surface area contributed by atoms with E-state index in [4.69, 9.17) is 4.74 Å². The molecule has 1 aromatic rings. The Morgan fingerprint density at radius 1 is 1.36 bits per heavy atom. The van der Waals surface area contributed by atoms with E-state index in [9.17, 15) is 9.59 Å². The normalized spacial score (nSPS) is 21.9. The van der Waals surface area contributed by atoms with Gasteiger partial charge in [-0.2, -0.15) is 0 Å². The second kappa shape index (κ2) is 7.99. The van der Waals surface area contributed by atoms with Crippen molar-refractivity contribution < 1.29 is 14.3 Å². The van der Waals surface area contributed by atoms with Gasteiger partial charge in [0.05, 0.1) is 15.1 Å². The lowest BCUT2D eigenvalue weighted by molar-refractivity contribution is 0.0635.